The zero-order valence-electron chi connectivity index (χ0n) is 23.0. The van der Waals surface area contributed by atoms with Gasteiger partial charge in [-0.1, -0.05) is 17.4 Å². The number of ether oxygens (including phenoxy) is 3. The third-order valence-corrected chi connectivity index (χ3v) is 7.65. The lowest BCUT2D eigenvalue weighted by atomic mass is 9.95. The van der Waals surface area contributed by atoms with E-state index in [9.17, 15) is 14.7 Å². The van der Waals surface area contributed by atoms with Gasteiger partial charge < -0.3 is 24.2 Å². The minimum Gasteiger partial charge on any atom is -0.507 e. The Morgan fingerprint density at radius 3 is 2.44 bits per heavy atom. The van der Waals surface area contributed by atoms with E-state index in [4.69, 9.17) is 14.2 Å². The van der Waals surface area contributed by atoms with Crippen molar-refractivity contribution in [1.29, 1.82) is 0 Å². The number of thiazole rings is 1. The van der Waals surface area contributed by atoms with Crippen molar-refractivity contribution in [2.75, 3.05) is 38.8 Å². The molecule has 0 aliphatic carbocycles. The number of fused-ring (bicyclic) bond motifs is 1. The molecular weight excluding hydrogens is 518 g/mol. The molecule has 0 fully saturated rings. The molecule has 206 valence electrons. The Hall–Kier alpha value is -4.05. The van der Waals surface area contributed by atoms with E-state index in [0.717, 1.165) is 18.8 Å². The molecule has 0 saturated heterocycles. The predicted molar refractivity (Wildman–Crippen MR) is 152 cm³/mol. The maximum absolute atomic E-state index is 13.9. The van der Waals surface area contributed by atoms with Crippen molar-refractivity contribution in [3.05, 3.63) is 78.5 Å². The fourth-order valence-corrected chi connectivity index (χ4v) is 5.75. The second kappa shape index (κ2) is 11.8. The van der Waals surface area contributed by atoms with Crippen LogP contribution in [-0.4, -0.2) is 49.6 Å². The third-order valence-electron chi connectivity index (χ3n) is 6.67. The molecule has 1 atom stereocenters. The summed E-state index contributed by atoms with van der Waals surface area (Å²) < 4.78 is 18.1. The molecule has 9 nitrogen and oxygen atoms in total. The maximum atomic E-state index is 13.9. The average Bonchev–Trinajstić information content (AvgIpc) is 3.23. The zero-order valence-corrected chi connectivity index (χ0v) is 23.8. The number of hydrogen-bond donors (Lipinski definition) is 1. The zero-order chi connectivity index (χ0) is 28.3. The number of rotatable bonds is 9. The molecule has 0 saturated carbocycles. The molecule has 2 heterocycles. The van der Waals surface area contributed by atoms with Crippen molar-refractivity contribution in [1.82, 2.24) is 4.57 Å². The summed E-state index contributed by atoms with van der Waals surface area (Å²) in [6, 6.07) is 9.90. The summed E-state index contributed by atoms with van der Waals surface area (Å²) in [6.07, 6.45) is 1.65. The standard InChI is InChI=1S/C29H33N3O6S/c1-7-31(8-2)20-12-10-18(21(33)16-20)15-24-27(34)32-26(19-11-13-22(36-5)23(14-19)37-6)25(28(35)38-9-3)17(4)30-29(32)39-24/h10-16,26,33H,7-9H2,1-6H3/b24-15-/t26-/m1/s1. The van der Waals surface area contributed by atoms with Crippen LogP contribution in [0.3, 0.4) is 0 Å². The van der Waals surface area contributed by atoms with E-state index in [1.807, 2.05) is 6.07 Å². The maximum Gasteiger partial charge on any atom is 0.338 e. The van der Waals surface area contributed by atoms with Crippen LogP contribution >= 0.6 is 11.3 Å². The number of aromatic nitrogens is 1. The molecule has 1 aliphatic rings. The minimum atomic E-state index is -0.791. The second-order valence-corrected chi connectivity index (χ2v) is 9.84. The summed E-state index contributed by atoms with van der Waals surface area (Å²) in [5, 5.41) is 10.8. The molecule has 0 radical (unpaired) electrons. The Kier molecular flexibility index (Phi) is 8.44. The molecule has 1 aromatic heterocycles. The van der Waals surface area contributed by atoms with E-state index in [2.05, 4.69) is 23.7 Å². The van der Waals surface area contributed by atoms with Crippen molar-refractivity contribution in [2.24, 2.45) is 4.99 Å². The Bertz CT molecular complexity index is 1600. The number of phenolic OH excluding ortho intramolecular Hbond substituents is 1. The summed E-state index contributed by atoms with van der Waals surface area (Å²) in [4.78, 5) is 34.1. The van der Waals surface area contributed by atoms with Crippen LogP contribution in [0.4, 0.5) is 5.69 Å². The highest BCUT2D eigenvalue weighted by Crippen LogP contribution is 2.36. The van der Waals surface area contributed by atoms with Crippen LogP contribution in [0, 0.1) is 0 Å². The van der Waals surface area contributed by atoms with E-state index in [0.29, 0.717) is 37.7 Å². The van der Waals surface area contributed by atoms with Crippen LogP contribution in [-0.2, 0) is 9.53 Å². The Morgan fingerprint density at radius 1 is 1.10 bits per heavy atom. The third kappa shape index (κ3) is 5.29. The fraction of sp³-hybridized carbons (Fsp3) is 0.345. The first-order chi connectivity index (χ1) is 18.8. The van der Waals surface area contributed by atoms with Gasteiger partial charge in [-0.2, -0.15) is 0 Å². The van der Waals surface area contributed by atoms with Gasteiger partial charge in [-0.15, -0.1) is 0 Å². The first kappa shape index (κ1) is 28.0. The SMILES string of the molecule is CCOC(=O)C1=C(C)N=c2s/c(=C\c3ccc(N(CC)CC)cc3O)c(=O)n2[C@@H]1c1ccc(OC)c(OC)c1. The van der Waals surface area contributed by atoms with Gasteiger partial charge in [0.1, 0.15) is 5.75 Å². The monoisotopic (exact) mass is 551 g/mol. The minimum absolute atomic E-state index is 0.0741. The number of hydrogen-bond acceptors (Lipinski definition) is 9. The molecule has 1 aliphatic heterocycles. The number of esters is 1. The number of allylic oxidation sites excluding steroid dienone is 1. The van der Waals surface area contributed by atoms with Gasteiger partial charge in [0.15, 0.2) is 16.3 Å². The lowest BCUT2D eigenvalue weighted by Gasteiger charge is -2.25. The van der Waals surface area contributed by atoms with E-state index < -0.39 is 12.0 Å². The lowest BCUT2D eigenvalue weighted by Crippen LogP contribution is -2.40. The Labute approximate surface area is 230 Å². The van der Waals surface area contributed by atoms with Crippen LogP contribution in [0.5, 0.6) is 17.2 Å². The predicted octanol–water partition coefficient (Wildman–Crippen LogP) is 3.37. The number of carbonyl (C=O) groups excluding carboxylic acids is 1. The van der Waals surface area contributed by atoms with Crippen LogP contribution in [0.25, 0.3) is 6.08 Å². The quantitative estimate of drug-likeness (QED) is 0.407. The summed E-state index contributed by atoms with van der Waals surface area (Å²) >= 11 is 1.20. The number of anilines is 1. The molecule has 10 heteroatoms. The summed E-state index contributed by atoms with van der Waals surface area (Å²) in [5.74, 6) is 0.520. The number of methoxy groups -OCH3 is 2. The number of nitrogens with zero attached hydrogens (tertiary/aromatic N) is 3. The molecule has 0 bridgehead atoms. The average molecular weight is 552 g/mol. The van der Waals surface area contributed by atoms with Gasteiger partial charge in [0.05, 0.1) is 42.7 Å². The van der Waals surface area contributed by atoms with Gasteiger partial charge in [0.2, 0.25) is 0 Å². The van der Waals surface area contributed by atoms with Crippen LogP contribution in [0.15, 0.2) is 57.5 Å². The van der Waals surface area contributed by atoms with Gasteiger partial charge in [0, 0.05) is 30.4 Å². The van der Waals surface area contributed by atoms with Gasteiger partial charge in [-0.05, 0) is 63.6 Å². The molecule has 2 aromatic carbocycles. The first-order valence-corrected chi connectivity index (χ1v) is 13.6. The van der Waals surface area contributed by atoms with Crippen molar-refractivity contribution in [3.8, 4) is 17.2 Å². The smallest absolute Gasteiger partial charge is 0.338 e. The molecule has 4 rings (SSSR count). The van der Waals surface area contributed by atoms with Gasteiger partial charge in [-0.3, -0.25) is 9.36 Å². The molecule has 3 aromatic rings. The molecule has 0 amide bonds. The number of benzene rings is 2. The molecule has 0 spiro atoms. The van der Waals surface area contributed by atoms with Crippen LogP contribution < -0.4 is 29.3 Å². The van der Waals surface area contributed by atoms with Crippen LogP contribution in [0.1, 0.15) is 44.9 Å². The highest BCUT2D eigenvalue weighted by Gasteiger charge is 2.34. The van der Waals surface area contributed by atoms with Gasteiger partial charge in [0.25, 0.3) is 5.56 Å². The van der Waals surface area contributed by atoms with E-state index >= 15 is 0 Å². The fourth-order valence-electron chi connectivity index (χ4n) is 4.71. The van der Waals surface area contributed by atoms with Crippen molar-refractivity contribution < 1.29 is 24.1 Å². The van der Waals surface area contributed by atoms with E-state index in [1.54, 1.807) is 57.4 Å². The van der Waals surface area contributed by atoms with E-state index in [1.165, 1.54) is 23.0 Å². The molecule has 1 N–H and O–H groups in total. The summed E-state index contributed by atoms with van der Waals surface area (Å²) in [7, 11) is 3.07. The Balaban J connectivity index is 1.91. The number of aromatic hydroxyl groups is 1. The van der Waals surface area contributed by atoms with Crippen molar-refractivity contribution in [3.63, 3.8) is 0 Å². The Morgan fingerprint density at radius 2 is 1.82 bits per heavy atom. The van der Waals surface area contributed by atoms with Crippen LogP contribution in [0.2, 0.25) is 0 Å². The normalized spacial score (nSPS) is 15.0. The first-order valence-electron chi connectivity index (χ1n) is 12.8. The largest absolute Gasteiger partial charge is 0.507 e. The van der Waals surface area contributed by atoms with Gasteiger partial charge in [-0.25, -0.2) is 9.79 Å². The number of carbonyl (C=O) groups is 1. The van der Waals surface area contributed by atoms with E-state index in [-0.39, 0.29) is 23.5 Å². The van der Waals surface area contributed by atoms with Crippen molar-refractivity contribution >= 4 is 29.1 Å². The molecule has 0 unspecified atom stereocenters. The van der Waals surface area contributed by atoms with Crippen molar-refractivity contribution in [2.45, 2.75) is 33.7 Å². The topological polar surface area (TPSA) is 103 Å². The lowest BCUT2D eigenvalue weighted by molar-refractivity contribution is -0.139. The highest BCUT2D eigenvalue weighted by molar-refractivity contribution is 7.07. The highest BCUT2D eigenvalue weighted by atomic mass is 32.1. The summed E-state index contributed by atoms with van der Waals surface area (Å²) in [6.45, 7) is 9.37. The molecular formula is C29H33N3O6S. The number of phenols is 1. The van der Waals surface area contributed by atoms with Gasteiger partial charge >= 0.3 is 5.97 Å². The second-order valence-electron chi connectivity index (χ2n) is 8.83. The summed E-state index contributed by atoms with van der Waals surface area (Å²) in [5.41, 5.74) is 2.46. The molecule has 39 heavy (non-hydrogen) atoms.